The third-order valence-electron chi connectivity index (χ3n) is 2.96. The molecule has 0 heterocycles. The van der Waals surface area contributed by atoms with E-state index >= 15 is 0 Å². The second-order valence-electron chi connectivity index (χ2n) is 4.25. The quantitative estimate of drug-likeness (QED) is 0.655. The maximum Gasteiger partial charge on any atom is 0.0768 e. The first-order chi connectivity index (χ1) is 9.52. The summed E-state index contributed by atoms with van der Waals surface area (Å²) < 4.78 is 0. The summed E-state index contributed by atoms with van der Waals surface area (Å²) in [5.74, 6) is -0.433. The fourth-order valence-corrected chi connectivity index (χ4v) is 3.03. The molecule has 0 radical (unpaired) electrons. The van der Waals surface area contributed by atoms with Gasteiger partial charge in [-0.3, -0.25) is 0 Å². The smallest absolute Gasteiger partial charge is 0.0768 e. The Kier molecular flexibility index (Phi) is 5.18. The highest BCUT2D eigenvalue weighted by Crippen LogP contribution is 2.33. The van der Waals surface area contributed by atoms with Crippen molar-refractivity contribution in [2.24, 2.45) is 0 Å². The summed E-state index contributed by atoms with van der Waals surface area (Å²) in [4.78, 5) is 0. The van der Waals surface area contributed by atoms with Gasteiger partial charge in [0.25, 0.3) is 0 Å². The van der Waals surface area contributed by atoms with Crippen molar-refractivity contribution < 1.29 is 0 Å². The summed E-state index contributed by atoms with van der Waals surface area (Å²) in [6, 6.07) is 12.6. The van der Waals surface area contributed by atoms with E-state index in [0.29, 0.717) is 26.5 Å². The molecule has 2 aromatic rings. The minimum atomic E-state index is -0.433. The molecule has 20 heavy (non-hydrogen) atoms. The van der Waals surface area contributed by atoms with Crippen LogP contribution in [0, 0.1) is 11.3 Å². The van der Waals surface area contributed by atoms with Crippen molar-refractivity contribution in [3.8, 4) is 6.07 Å². The third kappa shape index (κ3) is 3.40. The lowest BCUT2D eigenvalue weighted by Crippen LogP contribution is -2.02. The van der Waals surface area contributed by atoms with Crippen molar-refractivity contribution in [3.63, 3.8) is 0 Å². The lowest BCUT2D eigenvalue weighted by molar-refractivity contribution is 0.850. The fraction of sp³-hybridized carbons (Fsp3) is 0.133. The predicted molar refractivity (Wildman–Crippen MR) is 85.0 cm³/mol. The number of halogens is 4. The van der Waals surface area contributed by atoms with Crippen molar-refractivity contribution in [2.45, 2.75) is 12.3 Å². The molecule has 102 valence electrons. The normalized spacial score (nSPS) is 11.9. The van der Waals surface area contributed by atoms with Crippen LogP contribution >= 0.6 is 46.4 Å². The molecule has 1 nitrogen and oxygen atoms in total. The minimum Gasteiger partial charge on any atom is -0.198 e. The SMILES string of the molecule is N#C[C@H](Cc1c(Cl)cccc1Cl)c1ccc(Cl)cc1Cl. The van der Waals surface area contributed by atoms with Gasteiger partial charge in [0.15, 0.2) is 0 Å². The number of nitrogens with zero attached hydrogens (tertiary/aromatic N) is 1. The van der Waals surface area contributed by atoms with Gasteiger partial charge in [0, 0.05) is 20.1 Å². The lowest BCUT2D eigenvalue weighted by atomic mass is 9.93. The first-order valence-corrected chi connectivity index (χ1v) is 7.31. The van der Waals surface area contributed by atoms with Crippen LogP contribution in [0.25, 0.3) is 0 Å². The maximum atomic E-state index is 9.39. The largest absolute Gasteiger partial charge is 0.198 e. The Labute approximate surface area is 137 Å². The summed E-state index contributed by atoms with van der Waals surface area (Å²) >= 11 is 24.3. The molecule has 0 aliphatic carbocycles. The molecular formula is C15H9Cl4N. The van der Waals surface area contributed by atoms with Crippen LogP contribution in [-0.4, -0.2) is 0 Å². The summed E-state index contributed by atoms with van der Waals surface area (Å²) in [6.07, 6.45) is 0.399. The maximum absolute atomic E-state index is 9.39. The van der Waals surface area contributed by atoms with Gasteiger partial charge in [-0.2, -0.15) is 5.26 Å². The molecule has 1 atom stereocenters. The van der Waals surface area contributed by atoms with Crippen LogP contribution in [0.1, 0.15) is 17.0 Å². The van der Waals surface area contributed by atoms with Crippen LogP contribution in [0.3, 0.4) is 0 Å². The van der Waals surface area contributed by atoms with Gasteiger partial charge < -0.3 is 0 Å². The molecule has 0 spiro atoms. The van der Waals surface area contributed by atoms with Gasteiger partial charge in [0.2, 0.25) is 0 Å². The van der Waals surface area contributed by atoms with E-state index in [-0.39, 0.29) is 0 Å². The van der Waals surface area contributed by atoms with Gasteiger partial charge in [-0.1, -0.05) is 58.5 Å². The molecule has 0 saturated heterocycles. The Bertz CT molecular complexity index is 656. The van der Waals surface area contributed by atoms with Crippen LogP contribution in [0.2, 0.25) is 20.1 Å². The number of rotatable bonds is 3. The molecule has 0 aliphatic rings. The van der Waals surface area contributed by atoms with Crippen molar-refractivity contribution in [1.82, 2.24) is 0 Å². The van der Waals surface area contributed by atoms with E-state index in [2.05, 4.69) is 6.07 Å². The van der Waals surface area contributed by atoms with Gasteiger partial charge in [0.05, 0.1) is 12.0 Å². The standard InChI is InChI=1S/C15H9Cl4N/c16-10-4-5-11(15(19)7-10)9(8-20)6-12-13(17)2-1-3-14(12)18/h1-5,7,9H,6H2/t9-/m0/s1. The summed E-state index contributed by atoms with van der Waals surface area (Å²) in [6.45, 7) is 0. The molecule has 2 rings (SSSR count). The van der Waals surface area contributed by atoms with Crippen LogP contribution in [0.4, 0.5) is 0 Å². The lowest BCUT2D eigenvalue weighted by Gasteiger charge is -2.14. The van der Waals surface area contributed by atoms with Crippen LogP contribution in [-0.2, 0) is 6.42 Å². The molecule has 0 amide bonds. The van der Waals surface area contributed by atoms with Gasteiger partial charge in [-0.05, 0) is 41.8 Å². The van der Waals surface area contributed by atoms with Crippen molar-refractivity contribution in [1.29, 1.82) is 5.26 Å². The molecular weight excluding hydrogens is 336 g/mol. The van der Waals surface area contributed by atoms with Crippen molar-refractivity contribution in [3.05, 3.63) is 67.6 Å². The van der Waals surface area contributed by atoms with Gasteiger partial charge in [-0.15, -0.1) is 0 Å². The predicted octanol–water partition coefficient (Wildman–Crippen LogP) is 6.15. The molecule has 0 aliphatic heterocycles. The molecule has 0 bridgehead atoms. The van der Waals surface area contributed by atoms with Crippen molar-refractivity contribution >= 4 is 46.4 Å². The van der Waals surface area contributed by atoms with E-state index < -0.39 is 5.92 Å². The summed E-state index contributed by atoms with van der Waals surface area (Å²) in [7, 11) is 0. The Morgan fingerprint density at radius 2 is 1.60 bits per heavy atom. The third-order valence-corrected chi connectivity index (χ3v) is 4.23. The summed E-state index contributed by atoms with van der Waals surface area (Å²) in [5, 5.41) is 11.5. The van der Waals surface area contributed by atoms with E-state index in [1.165, 1.54) is 0 Å². The highest BCUT2D eigenvalue weighted by atomic mass is 35.5. The summed E-state index contributed by atoms with van der Waals surface area (Å²) in [5.41, 5.74) is 1.46. The minimum absolute atomic E-state index is 0.399. The molecule has 0 aromatic heterocycles. The molecule has 0 fully saturated rings. The highest BCUT2D eigenvalue weighted by molar-refractivity contribution is 6.36. The molecule has 0 saturated carbocycles. The zero-order chi connectivity index (χ0) is 14.7. The molecule has 0 unspecified atom stereocenters. The Morgan fingerprint density at radius 1 is 0.950 bits per heavy atom. The average molecular weight is 345 g/mol. The van der Waals surface area contributed by atoms with E-state index in [0.717, 1.165) is 11.1 Å². The zero-order valence-corrected chi connectivity index (χ0v) is 13.2. The van der Waals surface area contributed by atoms with Crippen molar-refractivity contribution in [2.75, 3.05) is 0 Å². The number of hydrogen-bond acceptors (Lipinski definition) is 1. The van der Waals surface area contributed by atoms with Gasteiger partial charge >= 0.3 is 0 Å². The number of benzene rings is 2. The van der Waals surface area contributed by atoms with Crippen LogP contribution in [0.5, 0.6) is 0 Å². The van der Waals surface area contributed by atoms with E-state index in [1.54, 1.807) is 36.4 Å². The Morgan fingerprint density at radius 3 is 2.15 bits per heavy atom. The first kappa shape index (κ1) is 15.5. The molecule has 5 heteroatoms. The Hall–Kier alpha value is -0.910. The Balaban J connectivity index is 2.37. The van der Waals surface area contributed by atoms with Crippen LogP contribution < -0.4 is 0 Å². The number of hydrogen-bond donors (Lipinski definition) is 0. The molecule has 2 aromatic carbocycles. The number of nitriles is 1. The average Bonchev–Trinajstić information content (AvgIpc) is 2.40. The van der Waals surface area contributed by atoms with Crippen LogP contribution in [0.15, 0.2) is 36.4 Å². The second kappa shape index (κ2) is 6.70. The fourth-order valence-electron chi connectivity index (χ4n) is 1.94. The van der Waals surface area contributed by atoms with Gasteiger partial charge in [-0.25, -0.2) is 0 Å². The highest BCUT2D eigenvalue weighted by Gasteiger charge is 2.18. The van der Waals surface area contributed by atoms with E-state index in [1.807, 2.05) is 0 Å². The zero-order valence-electron chi connectivity index (χ0n) is 10.2. The first-order valence-electron chi connectivity index (χ1n) is 5.80. The topological polar surface area (TPSA) is 23.8 Å². The van der Waals surface area contributed by atoms with E-state index in [4.69, 9.17) is 46.4 Å². The molecule has 0 N–H and O–H groups in total. The second-order valence-corrected chi connectivity index (χ2v) is 5.91. The van der Waals surface area contributed by atoms with Gasteiger partial charge in [0.1, 0.15) is 0 Å². The monoisotopic (exact) mass is 343 g/mol. The van der Waals surface area contributed by atoms with E-state index in [9.17, 15) is 5.26 Å².